The summed E-state index contributed by atoms with van der Waals surface area (Å²) < 4.78 is 5.26. The molecule has 160 valence electrons. The molecule has 0 spiro atoms. The van der Waals surface area contributed by atoms with Crippen LogP contribution in [0, 0.1) is 6.92 Å². The van der Waals surface area contributed by atoms with Crippen LogP contribution in [0.25, 0.3) is 0 Å². The SMILES string of the molecule is CCCN1CCC[C@H](c2nc(C)c3c(n2)N(Cc2ccc(OC)cc2)C(=O)CC3)C1. The molecule has 6 nitrogen and oxygen atoms in total. The lowest BCUT2D eigenvalue weighted by Crippen LogP contribution is -2.38. The Morgan fingerprint density at radius 1 is 1.17 bits per heavy atom. The van der Waals surface area contributed by atoms with Crippen molar-refractivity contribution in [3.63, 3.8) is 0 Å². The van der Waals surface area contributed by atoms with Gasteiger partial charge < -0.3 is 9.64 Å². The van der Waals surface area contributed by atoms with Gasteiger partial charge in [-0.05, 0) is 63.4 Å². The summed E-state index contributed by atoms with van der Waals surface area (Å²) in [5.41, 5.74) is 3.21. The highest BCUT2D eigenvalue weighted by Gasteiger charge is 2.30. The first kappa shape index (κ1) is 20.8. The topological polar surface area (TPSA) is 58.6 Å². The molecule has 2 aromatic rings. The van der Waals surface area contributed by atoms with Crippen LogP contribution in [-0.2, 0) is 17.8 Å². The quantitative estimate of drug-likeness (QED) is 0.726. The standard InChI is InChI=1S/C24H32N4O2/c1-4-13-27-14-5-6-19(16-27)23-25-17(2)21-11-12-22(29)28(24(21)26-23)15-18-7-9-20(30-3)10-8-18/h7-10,19H,4-6,11-16H2,1-3H3/t19-/m0/s1. The minimum absolute atomic E-state index is 0.138. The maximum absolute atomic E-state index is 12.9. The lowest BCUT2D eigenvalue weighted by molar-refractivity contribution is -0.119. The summed E-state index contributed by atoms with van der Waals surface area (Å²) in [5, 5.41) is 0. The van der Waals surface area contributed by atoms with Gasteiger partial charge >= 0.3 is 0 Å². The molecule has 0 unspecified atom stereocenters. The zero-order valence-corrected chi connectivity index (χ0v) is 18.4. The Hall–Kier alpha value is -2.47. The van der Waals surface area contributed by atoms with Gasteiger partial charge in [0.05, 0.1) is 13.7 Å². The van der Waals surface area contributed by atoms with E-state index in [2.05, 4.69) is 18.7 Å². The number of hydrogen-bond donors (Lipinski definition) is 0. The number of aryl methyl sites for hydroxylation is 1. The summed E-state index contributed by atoms with van der Waals surface area (Å²) in [6.45, 7) is 8.12. The second kappa shape index (κ2) is 9.13. The van der Waals surface area contributed by atoms with Gasteiger partial charge in [-0.15, -0.1) is 0 Å². The fourth-order valence-electron chi connectivity index (χ4n) is 4.65. The summed E-state index contributed by atoms with van der Waals surface area (Å²) in [6.07, 6.45) is 4.71. The molecule has 1 atom stereocenters. The van der Waals surface area contributed by atoms with Crippen LogP contribution in [0.5, 0.6) is 5.75 Å². The molecule has 0 aliphatic carbocycles. The number of piperidine rings is 1. The normalized spacial score (nSPS) is 19.6. The number of amides is 1. The van der Waals surface area contributed by atoms with Crippen molar-refractivity contribution in [2.45, 2.75) is 58.4 Å². The first-order valence-corrected chi connectivity index (χ1v) is 11.1. The van der Waals surface area contributed by atoms with E-state index in [-0.39, 0.29) is 5.91 Å². The van der Waals surface area contributed by atoms with Gasteiger partial charge in [0.2, 0.25) is 5.91 Å². The van der Waals surface area contributed by atoms with E-state index >= 15 is 0 Å². The maximum Gasteiger partial charge on any atom is 0.228 e. The van der Waals surface area contributed by atoms with Crippen molar-refractivity contribution in [1.82, 2.24) is 14.9 Å². The van der Waals surface area contributed by atoms with Gasteiger partial charge in [-0.2, -0.15) is 0 Å². The Labute approximate surface area is 179 Å². The van der Waals surface area contributed by atoms with Gasteiger partial charge in [0.25, 0.3) is 0 Å². The van der Waals surface area contributed by atoms with Crippen LogP contribution in [0.2, 0.25) is 0 Å². The number of carbonyl (C=O) groups excluding carboxylic acids is 1. The zero-order chi connectivity index (χ0) is 21.1. The number of likely N-dealkylation sites (tertiary alicyclic amines) is 1. The lowest BCUT2D eigenvalue weighted by Gasteiger charge is -2.34. The Balaban J connectivity index is 1.63. The van der Waals surface area contributed by atoms with Crippen LogP contribution in [0.3, 0.4) is 0 Å². The van der Waals surface area contributed by atoms with Crippen molar-refractivity contribution < 1.29 is 9.53 Å². The van der Waals surface area contributed by atoms with Crippen molar-refractivity contribution in [2.75, 3.05) is 31.6 Å². The molecule has 2 aliphatic rings. The number of fused-ring (bicyclic) bond motifs is 1. The van der Waals surface area contributed by atoms with E-state index in [1.165, 1.54) is 12.8 Å². The molecular weight excluding hydrogens is 376 g/mol. The third kappa shape index (κ3) is 4.33. The molecule has 30 heavy (non-hydrogen) atoms. The van der Waals surface area contributed by atoms with Gasteiger partial charge in [-0.1, -0.05) is 19.1 Å². The van der Waals surface area contributed by atoms with Gasteiger partial charge in [-0.25, -0.2) is 9.97 Å². The van der Waals surface area contributed by atoms with Crippen molar-refractivity contribution >= 4 is 11.7 Å². The van der Waals surface area contributed by atoms with Crippen molar-refractivity contribution in [3.05, 3.63) is 46.9 Å². The Morgan fingerprint density at radius 2 is 1.97 bits per heavy atom. The van der Waals surface area contributed by atoms with Crippen molar-refractivity contribution in [3.8, 4) is 5.75 Å². The average Bonchev–Trinajstić information content (AvgIpc) is 2.76. The summed E-state index contributed by atoms with van der Waals surface area (Å²) in [5.74, 6) is 3.02. The number of hydrogen-bond acceptors (Lipinski definition) is 5. The van der Waals surface area contributed by atoms with Crippen molar-refractivity contribution in [1.29, 1.82) is 0 Å². The summed E-state index contributed by atoms with van der Waals surface area (Å²) >= 11 is 0. The Kier molecular flexibility index (Phi) is 6.32. The second-order valence-corrected chi connectivity index (χ2v) is 8.44. The molecule has 1 aromatic heterocycles. The number of ether oxygens (including phenoxy) is 1. The fraction of sp³-hybridized carbons (Fsp3) is 0.542. The van der Waals surface area contributed by atoms with E-state index in [0.29, 0.717) is 18.9 Å². The molecule has 3 heterocycles. The largest absolute Gasteiger partial charge is 0.497 e. The molecule has 1 amide bonds. The third-order valence-corrected chi connectivity index (χ3v) is 6.27. The molecule has 1 aromatic carbocycles. The molecule has 6 heteroatoms. The number of methoxy groups -OCH3 is 1. The van der Waals surface area contributed by atoms with Gasteiger partial charge in [-0.3, -0.25) is 9.69 Å². The Morgan fingerprint density at radius 3 is 2.70 bits per heavy atom. The summed E-state index contributed by atoms with van der Waals surface area (Å²) in [4.78, 5) is 27.1. The van der Waals surface area contributed by atoms with E-state index < -0.39 is 0 Å². The monoisotopic (exact) mass is 408 g/mol. The highest BCUT2D eigenvalue weighted by Crippen LogP contribution is 2.33. The smallest absolute Gasteiger partial charge is 0.228 e. The van der Waals surface area contributed by atoms with Crippen LogP contribution >= 0.6 is 0 Å². The van der Waals surface area contributed by atoms with E-state index in [4.69, 9.17) is 14.7 Å². The highest BCUT2D eigenvalue weighted by atomic mass is 16.5. The van der Waals surface area contributed by atoms with Gasteiger partial charge in [0.15, 0.2) is 0 Å². The number of aromatic nitrogens is 2. The molecule has 0 bridgehead atoms. The fourth-order valence-corrected chi connectivity index (χ4v) is 4.65. The van der Waals surface area contributed by atoms with E-state index in [1.54, 1.807) is 7.11 Å². The summed E-state index contributed by atoms with van der Waals surface area (Å²) in [7, 11) is 1.66. The van der Waals surface area contributed by atoms with Crippen molar-refractivity contribution in [2.24, 2.45) is 0 Å². The number of rotatable bonds is 6. The molecule has 2 aliphatic heterocycles. The van der Waals surface area contributed by atoms with E-state index in [0.717, 1.165) is 66.7 Å². The van der Waals surface area contributed by atoms with Crippen LogP contribution in [0.1, 0.15) is 61.2 Å². The number of nitrogens with zero attached hydrogens (tertiary/aromatic N) is 4. The maximum atomic E-state index is 12.9. The minimum atomic E-state index is 0.138. The molecule has 1 fully saturated rings. The number of carbonyl (C=O) groups is 1. The van der Waals surface area contributed by atoms with Crippen LogP contribution in [0.15, 0.2) is 24.3 Å². The van der Waals surface area contributed by atoms with Crippen LogP contribution in [-0.4, -0.2) is 47.5 Å². The molecule has 4 rings (SSSR count). The predicted octanol–water partition coefficient (Wildman–Crippen LogP) is 3.86. The molecule has 0 saturated carbocycles. The molecule has 0 radical (unpaired) electrons. The van der Waals surface area contributed by atoms with Gasteiger partial charge in [0.1, 0.15) is 17.4 Å². The summed E-state index contributed by atoms with van der Waals surface area (Å²) in [6, 6.07) is 7.90. The van der Waals surface area contributed by atoms with Crippen LogP contribution in [0.4, 0.5) is 5.82 Å². The molecular formula is C24H32N4O2. The minimum Gasteiger partial charge on any atom is -0.497 e. The highest BCUT2D eigenvalue weighted by molar-refractivity contribution is 5.95. The Bertz CT molecular complexity index is 895. The zero-order valence-electron chi connectivity index (χ0n) is 18.4. The number of anilines is 1. The van der Waals surface area contributed by atoms with E-state index in [9.17, 15) is 4.79 Å². The van der Waals surface area contributed by atoms with E-state index in [1.807, 2.05) is 29.2 Å². The first-order chi connectivity index (χ1) is 14.6. The third-order valence-electron chi connectivity index (χ3n) is 6.27. The molecule has 0 N–H and O–H groups in total. The first-order valence-electron chi connectivity index (χ1n) is 11.1. The average molecular weight is 409 g/mol. The number of benzene rings is 1. The van der Waals surface area contributed by atoms with Crippen LogP contribution < -0.4 is 9.64 Å². The lowest BCUT2D eigenvalue weighted by atomic mass is 9.95. The second-order valence-electron chi connectivity index (χ2n) is 8.44. The predicted molar refractivity (Wildman–Crippen MR) is 118 cm³/mol. The molecule has 1 saturated heterocycles. The van der Waals surface area contributed by atoms with Gasteiger partial charge in [0, 0.05) is 30.1 Å².